The molecule has 0 unspecified atom stereocenters. The Morgan fingerprint density at radius 2 is 1.77 bits per heavy atom. The first-order valence-corrected chi connectivity index (χ1v) is 10.2. The van der Waals surface area contributed by atoms with Crippen LogP contribution in [0.1, 0.15) is 41.9 Å². The molecule has 31 heavy (non-hydrogen) atoms. The number of benzene rings is 2. The number of Topliss-reactive ketones (excluding diaryl/α,β-unsaturated/α-hetero) is 1. The molecule has 160 valence electrons. The molecule has 1 saturated heterocycles. The van der Waals surface area contributed by atoms with Crippen molar-refractivity contribution in [3.05, 3.63) is 65.8 Å². The van der Waals surface area contributed by atoms with Crippen molar-refractivity contribution < 1.29 is 18.5 Å². The van der Waals surface area contributed by atoms with Crippen molar-refractivity contribution in [2.24, 2.45) is 0 Å². The minimum absolute atomic E-state index is 0.00761. The van der Waals surface area contributed by atoms with Gasteiger partial charge >= 0.3 is 0 Å². The van der Waals surface area contributed by atoms with Gasteiger partial charge in [-0.25, -0.2) is 4.39 Å². The quantitative estimate of drug-likeness (QED) is 0.606. The van der Waals surface area contributed by atoms with E-state index in [0.29, 0.717) is 35.1 Å². The highest BCUT2D eigenvalue weighted by Gasteiger charge is 2.26. The van der Waals surface area contributed by atoms with Crippen LogP contribution in [-0.4, -0.2) is 46.4 Å². The first kappa shape index (κ1) is 20.9. The number of carbonyl (C=O) groups is 2. The van der Waals surface area contributed by atoms with Gasteiger partial charge in [0.05, 0.1) is 6.54 Å². The largest absolute Gasteiger partial charge is 0.339 e. The Labute approximate surface area is 179 Å². The van der Waals surface area contributed by atoms with E-state index in [2.05, 4.69) is 20.4 Å². The van der Waals surface area contributed by atoms with Crippen LogP contribution in [0.25, 0.3) is 11.4 Å². The number of halogens is 1. The van der Waals surface area contributed by atoms with Crippen LogP contribution >= 0.6 is 0 Å². The summed E-state index contributed by atoms with van der Waals surface area (Å²) in [5.74, 6) is 0.760. The van der Waals surface area contributed by atoms with Crippen molar-refractivity contribution in [1.82, 2.24) is 15.0 Å². The Balaban J connectivity index is 1.27. The number of rotatable bonds is 6. The number of hydrogen-bond donors (Lipinski definition) is 1. The molecule has 3 aromatic rings. The van der Waals surface area contributed by atoms with Gasteiger partial charge in [0.1, 0.15) is 5.82 Å². The minimum atomic E-state index is -0.308. The van der Waals surface area contributed by atoms with Crippen LogP contribution in [0.4, 0.5) is 10.1 Å². The molecule has 0 aliphatic carbocycles. The number of aromatic nitrogens is 2. The van der Waals surface area contributed by atoms with Crippen LogP contribution in [0.2, 0.25) is 0 Å². The normalized spacial score (nSPS) is 15.0. The number of anilines is 1. The van der Waals surface area contributed by atoms with Gasteiger partial charge < -0.3 is 9.84 Å². The van der Waals surface area contributed by atoms with E-state index < -0.39 is 0 Å². The Bertz CT molecular complexity index is 1060. The molecule has 0 radical (unpaired) electrons. The van der Waals surface area contributed by atoms with Crippen molar-refractivity contribution in [3.63, 3.8) is 0 Å². The maximum absolute atomic E-state index is 13.1. The number of likely N-dealkylation sites (tertiary alicyclic amines) is 1. The van der Waals surface area contributed by atoms with E-state index >= 15 is 0 Å². The molecule has 8 heteroatoms. The van der Waals surface area contributed by atoms with Gasteiger partial charge in [-0.3, -0.25) is 14.5 Å². The SMILES string of the molecule is CC(=O)c1ccc(NC(=O)CN2CCC(c3nc(-c4ccc(F)cc4)no3)CC2)cc1. The van der Waals surface area contributed by atoms with Crippen LogP contribution < -0.4 is 5.32 Å². The lowest BCUT2D eigenvalue weighted by Crippen LogP contribution is -2.38. The van der Waals surface area contributed by atoms with E-state index in [4.69, 9.17) is 4.52 Å². The molecule has 1 aliphatic rings. The maximum Gasteiger partial charge on any atom is 0.238 e. The zero-order chi connectivity index (χ0) is 21.8. The van der Waals surface area contributed by atoms with E-state index in [1.54, 1.807) is 36.4 Å². The van der Waals surface area contributed by atoms with E-state index in [1.165, 1.54) is 19.1 Å². The molecule has 1 amide bonds. The highest BCUT2D eigenvalue weighted by atomic mass is 19.1. The number of nitrogens with zero attached hydrogens (tertiary/aromatic N) is 3. The molecule has 0 spiro atoms. The smallest absolute Gasteiger partial charge is 0.238 e. The summed E-state index contributed by atoms with van der Waals surface area (Å²) in [5, 5.41) is 6.88. The third kappa shape index (κ3) is 5.21. The maximum atomic E-state index is 13.1. The lowest BCUT2D eigenvalue weighted by molar-refractivity contribution is -0.117. The predicted molar refractivity (Wildman–Crippen MR) is 113 cm³/mol. The first-order chi connectivity index (χ1) is 15.0. The molecule has 1 fully saturated rings. The fourth-order valence-corrected chi connectivity index (χ4v) is 3.65. The van der Waals surface area contributed by atoms with Gasteiger partial charge in [0, 0.05) is 22.7 Å². The standard InChI is InChI=1S/C23H23FN4O3/c1-15(29)16-4-8-20(9-5-16)25-21(30)14-28-12-10-18(11-13-28)23-26-22(27-31-23)17-2-6-19(24)7-3-17/h2-9,18H,10-14H2,1H3,(H,25,30). The molecule has 7 nitrogen and oxygen atoms in total. The summed E-state index contributed by atoms with van der Waals surface area (Å²) in [5.41, 5.74) is 1.99. The number of nitrogens with one attached hydrogen (secondary N) is 1. The summed E-state index contributed by atoms with van der Waals surface area (Å²) >= 11 is 0. The van der Waals surface area contributed by atoms with E-state index in [9.17, 15) is 14.0 Å². The molecular formula is C23H23FN4O3. The Kier molecular flexibility index (Phi) is 6.18. The van der Waals surface area contributed by atoms with Crippen molar-refractivity contribution in [3.8, 4) is 11.4 Å². The summed E-state index contributed by atoms with van der Waals surface area (Å²) in [6.45, 7) is 3.30. The zero-order valence-electron chi connectivity index (χ0n) is 17.2. The van der Waals surface area contributed by atoms with Gasteiger partial charge in [0.2, 0.25) is 17.6 Å². The Morgan fingerprint density at radius 3 is 2.42 bits per heavy atom. The highest BCUT2D eigenvalue weighted by molar-refractivity contribution is 5.96. The molecule has 1 N–H and O–H groups in total. The number of carbonyl (C=O) groups excluding carboxylic acids is 2. The van der Waals surface area contributed by atoms with E-state index in [-0.39, 0.29) is 23.4 Å². The second-order valence-electron chi connectivity index (χ2n) is 7.70. The molecule has 1 aliphatic heterocycles. The van der Waals surface area contributed by atoms with Gasteiger partial charge in [0.15, 0.2) is 5.78 Å². The Morgan fingerprint density at radius 1 is 1.10 bits per heavy atom. The third-order valence-corrected chi connectivity index (χ3v) is 5.42. The fourth-order valence-electron chi connectivity index (χ4n) is 3.65. The summed E-state index contributed by atoms with van der Waals surface area (Å²) in [7, 11) is 0. The number of amides is 1. The van der Waals surface area contributed by atoms with Gasteiger partial charge in [-0.15, -0.1) is 0 Å². The predicted octanol–water partition coefficient (Wildman–Crippen LogP) is 3.90. The molecule has 0 bridgehead atoms. The summed E-state index contributed by atoms with van der Waals surface area (Å²) in [6.07, 6.45) is 1.62. The number of piperidine rings is 1. The van der Waals surface area contributed by atoms with Crippen molar-refractivity contribution in [2.45, 2.75) is 25.7 Å². The van der Waals surface area contributed by atoms with Crippen molar-refractivity contribution in [1.29, 1.82) is 0 Å². The van der Waals surface area contributed by atoms with E-state index in [0.717, 1.165) is 25.9 Å². The van der Waals surface area contributed by atoms with Crippen molar-refractivity contribution >= 4 is 17.4 Å². The molecule has 2 aromatic carbocycles. The van der Waals surface area contributed by atoms with Gasteiger partial charge in [0.25, 0.3) is 0 Å². The number of ketones is 1. The van der Waals surface area contributed by atoms with Gasteiger partial charge in [-0.1, -0.05) is 5.16 Å². The third-order valence-electron chi connectivity index (χ3n) is 5.42. The lowest BCUT2D eigenvalue weighted by Gasteiger charge is -2.29. The molecule has 4 rings (SSSR count). The molecular weight excluding hydrogens is 399 g/mol. The minimum Gasteiger partial charge on any atom is -0.339 e. The average molecular weight is 422 g/mol. The molecule has 0 atom stereocenters. The van der Waals surface area contributed by atoms with Crippen LogP contribution in [0.15, 0.2) is 53.1 Å². The number of hydrogen-bond acceptors (Lipinski definition) is 6. The Hall–Kier alpha value is -3.39. The van der Waals surface area contributed by atoms with Crippen LogP contribution in [0.3, 0.4) is 0 Å². The highest BCUT2D eigenvalue weighted by Crippen LogP contribution is 2.28. The first-order valence-electron chi connectivity index (χ1n) is 10.2. The second-order valence-corrected chi connectivity index (χ2v) is 7.70. The topological polar surface area (TPSA) is 88.3 Å². The van der Waals surface area contributed by atoms with Gasteiger partial charge in [-0.2, -0.15) is 4.98 Å². The average Bonchev–Trinajstić information content (AvgIpc) is 3.25. The lowest BCUT2D eigenvalue weighted by atomic mass is 9.97. The van der Waals surface area contributed by atoms with Crippen LogP contribution in [0.5, 0.6) is 0 Å². The molecule has 0 saturated carbocycles. The molecule has 1 aromatic heterocycles. The zero-order valence-corrected chi connectivity index (χ0v) is 17.2. The monoisotopic (exact) mass is 422 g/mol. The van der Waals surface area contributed by atoms with Gasteiger partial charge in [-0.05, 0) is 81.4 Å². The second kappa shape index (κ2) is 9.18. The fraction of sp³-hybridized carbons (Fsp3) is 0.304. The molecule has 2 heterocycles. The van der Waals surface area contributed by atoms with Crippen LogP contribution in [-0.2, 0) is 4.79 Å². The van der Waals surface area contributed by atoms with Crippen molar-refractivity contribution in [2.75, 3.05) is 25.0 Å². The summed E-state index contributed by atoms with van der Waals surface area (Å²) < 4.78 is 18.5. The summed E-state index contributed by atoms with van der Waals surface area (Å²) in [4.78, 5) is 30.2. The summed E-state index contributed by atoms with van der Waals surface area (Å²) in [6, 6.07) is 12.9. The van der Waals surface area contributed by atoms with E-state index in [1.807, 2.05) is 0 Å². The van der Waals surface area contributed by atoms with Crippen LogP contribution in [0, 0.1) is 5.82 Å².